The topological polar surface area (TPSA) is 84.5 Å². The van der Waals surface area contributed by atoms with Gasteiger partial charge in [0.1, 0.15) is 0 Å². The fourth-order valence-corrected chi connectivity index (χ4v) is 1.89. The van der Waals surface area contributed by atoms with Gasteiger partial charge in [0.25, 0.3) is 11.8 Å². The molecule has 0 aliphatic heterocycles. The molecule has 0 aromatic heterocycles. The Morgan fingerprint density at radius 1 is 1.25 bits per heavy atom. The van der Waals surface area contributed by atoms with E-state index in [1.165, 1.54) is 13.0 Å². The Labute approximate surface area is 146 Å². The summed E-state index contributed by atoms with van der Waals surface area (Å²) in [5.74, 6) is -1.10. The SMILES string of the molecule is C=CCNC(=O)C(C)OC(=O)CCCNC(=O)c1ccc(Cl)cc1. The standard InChI is InChI=1S/C17H21ClN2O4/c1-3-10-19-16(22)12(2)24-15(21)5-4-11-20-17(23)13-6-8-14(18)9-7-13/h3,6-9,12H,1,4-5,10-11H2,2H3,(H,19,22)(H,20,23). The monoisotopic (exact) mass is 352 g/mol. The largest absolute Gasteiger partial charge is 0.453 e. The van der Waals surface area contributed by atoms with Crippen LogP contribution >= 0.6 is 11.6 Å². The van der Waals surface area contributed by atoms with Gasteiger partial charge in [-0.15, -0.1) is 6.58 Å². The minimum absolute atomic E-state index is 0.111. The normalized spacial score (nSPS) is 11.2. The predicted octanol–water partition coefficient (Wildman–Crippen LogP) is 2.08. The molecule has 0 aliphatic carbocycles. The molecule has 24 heavy (non-hydrogen) atoms. The third-order valence-corrected chi connectivity index (χ3v) is 3.30. The summed E-state index contributed by atoms with van der Waals surface area (Å²) in [6, 6.07) is 6.50. The van der Waals surface area contributed by atoms with Crippen LogP contribution in [0.3, 0.4) is 0 Å². The molecule has 1 atom stereocenters. The average Bonchev–Trinajstić information content (AvgIpc) is 2.56. The molecule has 6 nitrogen and oxygen atoms in total. The van der Waals surface area contributed by atoms with E-state index in [0.717, 1.165) is 0 Å². The molecule has 2 N–H and O–H groups in total. The van der Waals surface area contributed by atoms with Crippen molar-refractivity contribution in [2.24, 2.45) is 0 Å². The van der Waals surface area contributed by atoms with Crippen molar-refractivity contribution in [3.63, 3.8) is 0 Å². The van der Waals surface area contributed by atoms with Crippen LogP contribution in [-0.2, 0) is 14.3 Å². The summed E-state index contributed by atoms with van der Waals surface area (Å²) >= 11 is 5.75. The summed E-state index contributed by atoms with van der Waals surface area (Å²) in [5.41, 5.74) is 0.495. The van der Waals surface area contributed by atoms with E-state index < -0.39 is 12.1 Å². The summed E-state index contributed by atoms with van der Waals surface area (Å²) < 4.78 is 5.00. The van der Waals surface area contributed by atoms with Crippen molar-refractivity contribution in [3.8, 4) is 0 Å². The van der Waals surface area contributed by atoms with Crippen LogP contribution in [0.4, 0.5) is 0 Å². The molecule has 1 rings (SSSR count). The molecule has 0 fully saturated rings. The number of ether oxygens (including phenoxy) is 1. The van der Waals surface area contributed by atoms with Crippen LogP contribution in [0.25, 0.3) is 0 Å². The third-order valence-electron chi connectivity index (χ3n) is 3.05. The second-order valence-electron chi connectivity index (χ2n) is 5.03. The van der Waals surface area contributed by atoms with Gasteiger partial charge in [-0.1, -0.05) is 17.7 Å². The number of benzene rings is 1. The van der Waals surface area contributed by atoms with Gasteiger partial charge >= 0.3 is 5.97 Å². The quantitative estimate of drug-likeness (QED) is 0.405. The molecule has 0 aliphatic rings. The first kappa shape index (κ1) is 19.7. The molecular weight excluding hydrogens is 332 g/mol. The molecule has 0 bridgehead atoms. The second-order valence-corrected chi connectivity index (χ2v) is 5.47. The summed E-state index contributed by atoms with van der Waals surface area (Å²) in [6.45, 7) is 5.62. The highest BCUT2D eigenvalue weighted by Gasteiger charge is 2.16. The molecule has 7 heteroatoms. The van der Waals surface area contributed by atoms with Crippen molar-refractivity contribution in [1.29, 1.82) is 0 Å². The highest BCUT2D eigenvalue weighted by molar-refractivity contribution is 6.30. The number of hydrogen-bond acceptors (Lipinski definition) is 4. The van der Waals surface area contributed by atoms with E-state index in [-0.39, 0.29) is 18.2 Å². The van der Waals surface area contributed by atoms with Crippen molar-refractivity contribution in [3.05, 3.63) is 47.5 Å². The van der Waals surface area contributed by atoms with Gasteiger partial charge in [0, 0.05) is 30.1 Å². The molecule has 130 valence electrons. The van der Waals surface area contributed by atoms with Crippen molar-refractivity contribution in [2.45, 2.75) is 25.9 Å². The van der Waals surface area contributed by atoms with Crippen LogP contribution in [0.1, 0.15) is 30.1 Å². The lowest BCUT2D eigenvalue weighted by Crippen LogP contribution is -2.36. The summed E-state index contributed by atoms with van der Waals surface area (Å²) in [6.07, 6.45) is 1.20. The molecule has 0 radical (unpaired) electrons. The lowest BCUT2D eigenvalue weighted by Gasteiger charge is -2.12. The maximum Gasteiger partial charge on any atom is 0.306 e. The molecule has 2 amide bonds. The first-order valence-corrected chi connectivity index (χ1v) is 7.93. The van der Waals surface area contributed by atoms with Crippen molar-refractivity contribution in [1.82, 2.24) is 10.6 Å². The number of nitrogens with one attached hydrogen (secondary N) is 2. The molecule has 0 saturated carbocycles. The van der Waals surface area contributed by atoms with E-state index in [1.54, 1.807) is 24.3 Å². The molecular formula is C17H21ClN2O4. The van der Waals surface area contributed by atoms with Crippen LogP contribution in [0.5, 0.6) is 0 Å². The first-order valence-electron chi connectivity index (χ1n) is 7.56. The van der Waals surface area contributed by atoms with Crippen LogP contribution in [0.15, 0.2) is 36.9 Å². The number of carbonyl (C=O) groups is 3. The van der Waals surface area contributed by atoms with Gasteiger partial charge in [0.15, 0.2) is 6.10 Å². The molecule has 0 heterocycles. The first-order chi connectivity index (χ1) is 11.4. The van der Waals surface area contributed by atoms with Gasteiger partial charge in [-0.2, -0.15) is 0 Å². The Hall–Kier alpha value is -2.34. The van der Waals surface area contributed by atoms with Gasteiger partial charge in [-0.3, -0.25) is 14.4 Å². The van der Waals surface area contributed by atoms with E-state index >= 15 is 0 Å². The van der Waals surface area contributed by atoms with Gasteiger partial charge in [-0.25, -0.2) is 0 Å². The van der Waals surface area contributed by atoms with Crippen LogP contribution in [-0.4, -0.2) is 37.0 Å². The molecule has 1 aromatic carbocycles. The smallest absolute Gasteiger partial charge is 0.306 e. The van der Waals surface area contributed by atoms with Gasteiger partial charge in [0.2, 0.25) is 0 Å². The Bertz CT molecular complexity index is 587. The number of halogens is 1. The number of carbonyl (C=O) groups excluding carboxylic acids is 3. The highest BCUT2D eigenvalue weighted by atomic mass is 35.5. The van der Waals surface area contributed by atoms with E-state index in [2.05, 4.69) is 17.2 Å². The Kier molecular flexibility index (Phi) is 8.57. The lowest BCUT2D eigenvalue weighted by atomic mass is 10.2. The summed E-state index contributed by atoms with van der Waals surface area (Å²) in [7, 11) is 0. The molecule has 1 aromatic rings. The maximum absolute atomic E-state index is 11.8. The second kappa shape index (κ2) is 10.4. The predicted molar refractivity (Wildman–Crippen MR) is 91.8 cm³/mol. The summed E-state index contributed by atoms with van der Waals surface area (Å²) in [5, 5.41) is 5.79. The van der Waals surface area contributed by atoms with E-state index in [9.17, 15) is 14.4 Å². The Balaban J connectivity index is 2.23. The Morgan fingerprint density at radius 2 is 1.92 bits per heavy atom. The Morgan fingerprint density at radius 3 is 2.54 bits per heavy atom. The number of esters is 1. The fourth-order valence-electron chi connectivity index (χ4n) is 1.76. The lowest BCUT2D eigenvalue weighted by molar-refractivity contribution is -0.154. The van der Waals surface area contributed by atoms with Gasteiger partial charge in [-0.05, 0) is 37.6 Å². The molecule has 0 spiro atoms. The highest BCUT2D eigenvalue weighted by Crippen LogP contribution is 2.09. The van der Waals surface area contributed by atoms with Crippen LogP contribution in [0.2, 0.25) is 5.02 Å². The van der Waals surface area contributed by atoms with E-state index in [1.807, 2.05) is 0 Å². The third kappa shape index (κ3) is 7.28. The maximum atomic E-state index is 11.8. The van der Waals surface area contributed by atoms with E-state index in [0.29, 0.717) is 30.1 Å². The van der Waals surface area contributed by atoms with Crippen LogP contribution in [0, 0.1) is 0 Å². The van der Waals surface area contributed by atoms with Crippen molar-refractivity contribution >= 4 is 29.4 Å². The van der Waals surface area contributed by atoms with Crippen molar-refractivity contribution < 1.29 is 19.1 Å². The zero-order valence-electron chi connectivity index (χ0n) is 13.5. The van der Waals surface area contributed by atoms with Gasteiger partial charge in [0.05, 0.1) is 0 Å². The fraction of sp³-hybridized carbons (Fsp3) is 0.353. The number of amides is 2. The number of rotatable bonds is 9. The molecule has 0 saturated heterocycles. The molecule has 1 unspecified atom stereocenters. The minimum Gasteiger partial charge on any atom is -0.453 e. The van der Waals surface area contributed by atoms with Crippen molar-refractivity contribution in [2.75, 3.05) is 13.1 Å². The van der Waals surface area contributed by atoms with E-state index in [4.69, 9.17) is 16.3 Å². The van der Waals surface area contributed by atoms with Crippen LogP contribution < -0.4 is 10.6 Å². The summed E-state index contributed by atoms with van der Waals surface area (Å²) in [4.78, 5) is 35.0. The zero-order chi connectivity index (χ0) is 17.9. The average molecular weight is 353 g/mol. The zero-order valence-corrected chi connectivity index (χ0v) is 14.3. The number of hydrogen-bond donors (Lipinski definition) is 2. The van der Waals surface area contributed by atoms with Gasteiger partial charge < -0.3 is 15.4 Å². The minimum atomic E-state index is -0.860.